The number of hydrogen-bond acceptors (Lipinski definition) is 0. The first-order valence-electron chi connectivity index (χ1n) is 2.67. The average molecular weight is 189 g/mol. The zero-order valence-corrected chi connectivity index (χ0v) is 8.36. The van der Waals surface area contributed by atoms with E-state index in [0.29, 0.717) is 0 Å². The van der Waals surface area contributed by atoms with E-state index in [0.717, 1.165) is 0 Å². The van der Waals surface area contributed by atoms with Crippen molar-refractivity contribution in [3.05, 3.63) is 11.1 Å². The van der Waals surface area contributed by atoms with E-state index in [1.54, 1.807) is 0 Å². The van der Waals surface area contributed by atoms with Crippen molar-refractivity contribution in [2.75, 3.05) is 0 Å². The van der Waals surface area contributed by atoms with Gasteiger partial charge in [-0.15, -0.1) is 0 Å². The Labute approximate surface area is 79.0 Å². The molecule has 0 saturated carbocycles. The molecule has 0 radical (unpaired) electrons. The van der Waals surface area contributed by atoms with Crippen LogP contribution >= 0.6 is 15.9 Å². The van der Waals surface area contributed by atoms with Gasteiger partial charge in [-0.05, 0) is 11.4 Å². The molecule has 0 nitrogen and oxygen atoms in total. The molecule has 0 atom stereocenters. The molecule has 0 aliphatic rings. The average Bonchev–Trinajstić information content (AvgIpc) is 1.69. The smallest absolute Gasteiger partial charge is 1.00 e. The molecule has 0 rings (SSSR count). The zero-order valence-electron chi connectivity index (χ0n) is 7.36. The van der Waals surface area contributed by atoms with Gasteiger partial charge in [-0.1, -0.05) is 41.8 Å². The van der Waals surface area contributed by atoms with E-state index in [2.05, 4.69) is 28.9 Å². The summed E-state index contributed by atoms with van der Waals surface area (Å²) in [4.78, 5) is 1.92. The fraction of sp³-hybridized carbons (Fsp3) is 0.667. The van der Waals surface area contributed by atoms with Gasteiger partial charge in [0.2, 0.25) is 0 Å². The second-order valence-corrected chi connectivity index (χ2v) is 2.03. The predicted octanol–water partition coefficient (Wildman–Crippen LogP) is 2.93. The standard InChI is InChI=1S/C6H11Br.Mg.2H/c1-2-3-4-5-6-7;;;/h5-6H,2-4H2,1H3;;;/q;+2;2*-1/b6-5+;;;. The fourth-order valence-electron chi connectivity index (χ4n) is 0.385. The van der Waals surface area contributed by atoms with Gasteiger partial charge in [0.1, 0.15) is 0 Å². The Morgan fingerprint density at radius 3 is 2.62 bits per heavy atom. The number of rotatable bonds is 3. The van der Waals surface area contributed by atoms with Crippen LogP contribution in [0.4, 0.5) is 0 Å². The van der Waals surface area contributed by atoms with Gasteiger partial charge in [0.05, 0.1) is 0 Å². The maximum atomic E-state index is 3.20. The van der Waals surface area contributed by atoms with Crippen molar-refractivity contribution in [2.45, 2.75) is 26.2 Å². The molecule has 0 fully saturated rings. The Balaban J connectivity index is -0.0000000600. The molecule has 0 aromatic carbocycles. The normalized spacial score (nSPS) is 9.25. The van der Waals surface area contributed by atoms with E-state index >= 15 is 0 Å². The van der Waals surface area contributed by atoms with E-state index in [1.165, 1.54) is 19.3 Å². The van der Waals surface area contributed by atoms with E-state index in [4.69, 9.17) is 0 Å². The van der Waals surface area contributed by atoms with Crippen LogP contribution in [0.25, 0.3) is 0 Å². The first-order chi connectivity index (χ1) is 3.41. The van der Waals surface area contributed by atoms with Gasteiger partial charge in [-0.3, -0.25) is 0 Å². The maximum Gasteiger partial charge on any atom is 2.00 e. The SMILES string of the molecule is CCCC/C=C/Br.[H-].[H-].[Mg+2]. The number of hydrogen-bond donors (Lipinski definition) is 0. The van der Waals surface area contributed by atoms with Crippen LogP contribution in [-0.2, 0) is 0 Å². The van der Waals surface area contributed by atoms with Crippen LogP contribution in [0.5, 0.6) is 0 Å². The molecular formula is C6H13BrMg. The Hall–Kier alpha value is 0.986. The zero-order chi connectivity index (χ0) is 5.54. The molecule has 0 unspecified atom stereocenters. The van der Waals surface area contributed by atoms with Gasteiger partial charge < -0.3 is 2.85 Å². The number of halogens is 1. The largest absolute Gasteiger partial charge is 2.00 e. The minimum Gasteiger partial charge on any atom is -1.00 e. The Morgan fingerprint density at radius 2 is 2.25 bits per heavy atom. The summed E-state index contributed by atoms with van der Waals surface area (Å²) in [5, 5.41) is 0. The van der Waals surface area contributed by atoms with Crippen molar-refractivity contribution < 1.29 is 2.85 Å². The molecule has 0 saturated heterocycles. The van der Waals surface area contributed by atoms with Crippen molar-refractivity contribution in [3.63, 3.8) is 0 Å². The molecule has 46 valence electrons. The quantitative estimate of drug-likeness (QED) is 0.473. The van der Waals surface area contributed by atoms with Gasteiger partial charge in [0.15, 0.2) is 0 Å². The van der Waals surface area contributed by atoms with E-state index in [9.17, 15) is 0 Å². The number of unbranched alkanes of at least 4 members (excludes halogenated alkanes) is 2. The van der Waals surface area contributed by atoms with Gasteiger partial charge in [-0.25, -0.2) is 0 Å². The minimum atomic E-state index is 0. The Morgan fingerprint density at radius 1 is 1.62 bits per heavy atom. The third-order valence-electron chi connectivity index (χ3n) is 0.813. The molecule has 0 aromatic heterocycles. The Bertz CT molecular complexity index is 59.7. The van der Waals surface area contributed by atoms with Crippen molar-refractivity contribution in [2.24, 2.45) is 0 Å². The van der Waals surface area contributed by atoms with E-state index in [-0.39, 0.29) is 25.9 Å². The molecule has 0 bridgehead atoms. The van der Waals surface area contributed by atoms with Crippen LogP contribution in [0.1, 0.15) is 29.0 Å². The molecule has 8 heavy (non-hydrogen) atoms. The topological polar surface area (TPSA) is 0 Å². The van der Waals surface area contributed by atoms with Crippen molar-refractivity contribution in [3.8, 4) is 0 Å². The van der Waals surface area contributed by atoms with Gasteiger partial charge in [0, 0.05) is 0 Å². The summed E-state index contributed by atoms with van der Waals surface area (Å²) < 4.78 is 0. The van der Waals surface area contributed by atoms with E-state index < -0.39 is 0 Å². The van der Waals surface area contributed by atoms with E-state index in [1.807, 2.05) is 4.99 Å². The molecule has 2 heteroatoms. The number of allylic oxidation sites excluding steroid dienone is 1. The van der Waals surface area contributed by atoms with Crippen LogP contribution in [0.3, 0.4) is 0 Å². The summed E-state index contributed by atoms with van der Waals surface area (Å²) in [7, 11) is 0. The molecule has 0 aliphatic carbocycles. The van der Waals surface area contributed by atoms with Crippen LogP contribution < -0.4 is 0 Å². The summed E-state index contributed by atoms with van der Waals surface area (Å²) in [5.74, 6) is 0. The third kappa shape index (κ3) is 10.1. The second kappa shape index (κ2) is 10.9. The monoisotopic (exact) mass is 188 g/mol. The summed E-state index contributed by atoms with van der Waals surface area (Å²) in [6.45, 7) is 2.20. The van der Waals surface area contributed by atoms with Crippen LogP contribution in [-0.4, -0.2) is 23.1 Å². The van der Waals surface area contributed by atoms with Crippen molar-refractivity contribution >= 4 is 39.0 Å². The molecule has 0 spiro atoms. The first kappa shape index (κ1) is 11.7. The van der Waals surface area contributed by atoms with Crippen LogP contribution in [0, 0.1) is 0 Å². The molecule has 0 heterocycles. The third-order valence-corrected chi connectivity index (χ3v) is 1.19. The van der Waals surface area contributed by atoms with Gasteiger partial charge in [0.25, 0.3) is 0 Å². The van der Waals surface area contributed by atoms with Crippen molar-refractivity contribution in [1.82, 2.24) is 0 Å². The van der Waals surface area contributed by atoms with Gasteiger partial charge >= 0.3 is 23.1 Å². The summed E-state index contributed by atoms with van der Waals surface area (Å²) in [5.41, 5.74) is 0. The molecule has 0 N–H and O–H groups in total. The minimum absolute atomic E-state index is 0. The Kier molecular flexibility index (Phi) is 16.0. The summed E-state index contributed by atoms with van der Waals surface area (Å²) in [6, 6.07) is 0. The summed E-state index contributed by atoms with van der Waals surface area (Å²) in [6.07, 6.45) is 5.94. The molecule has 0 amide bonds. The van der Waals surface area contributed by atoms with Crippen LogP contribution in [0.2, 0.25) is 0 Å². The second-order valence-electron chi connectivity index (χ2n) is 1.50. The van der Waals surface area contributed by atoms with Crippen molar-refractivity contribution in [1.29, 1.82) is 0 Å². The molecule has 0 aliphatic heterocycles. The van der Waals surface area contributed by atoms with Crippen LogP contribution in [0.15, 0.2) is 11.1 Å². The molecule has 0 aromatic rings. The molecular weight excluding hydrogens is 176 g/mol. The van der Waals surface area contributed by atoms with Gasteiger partial charge in [-0.2, -0.15) is 0 Å². The first-order valence-corrected chi connectivity index (χ1v) is 3.58. The maximum absolute atomic E-state index is 3.20. The fourth-order valence-corrected chi connectivity index (χ4v) is 0.649. The summed E-state index contributed by atoms with van der Waals surface area (Å²) >= 11 is 3.20. The predicted molar refractivity (Wildman–Crippen MR) is 45.6 cm³/mol.